The molecule has 2 heterocycles. The van der Waals surface area contributed by atoms with E-state index in [4.69, 9.17) is 21.4 Å². The van der Waals surface area contributed by atoms with Gasteiger partial charge >= 0.3 is 0 Å². The number of aryl methyl sites for hydroxylation is 2. The molecule has 11 heteroatoms. The minimum Gasteiger partial charge on any atom is -0.440 e. The molecule has 0 radical (unpaired) electrons. The number of carbonyl (C=O) groups excluding carboxylic acids is 1. The lowest BCUT2D eigenvalue weighted by atomic mass is 10.1. The van der Waals surface area contributed by atoms with Gasteiger partial charge in [0, 0.05) is 36.8 Å². The van der Waals surface area contributed by atoms with Crippen LogP contribution in [-0.2, 0) is 11.2 Å². The van der Waals surface area contributed by atoms with Crippen molar-refractivity contribution < 1.29 is 18.9 Å². The molecule has 0 saturated carbocycles. The monoisotopic (exact) mass is 545 g/mol. The highest BCUT2D eigenvalue weighted by molar-refractivity contribution is 7.80. The van der Waals surface area contributed by atoms with Crippen molar-refractivity contribution in [3.05, 3.63) is 92.9 Å². The van der Waals surface area contributed by atoms with E-state index in [1.807, 2.05) is 49.1 Å². The van der Waals surface area contributed by atoms with Crippen molar-refractivity contribution in [2.45, 2.75) is 20.3 Å². The van der Waals surface area contributed by atoms with E-state index in [1.165, 1.54) is 6.07 Å². The number of nitrogens with zero attached hydrogens (tertiary/aromatic N) is 3. The standard InChI is InChI=1S/C28H27N5O5S/c1-17-13-18(2)26-22(14-17)30-25(38-26)15-19-3-6-21(7-4-19)29-28(39)31-27(34)20-5-8-23(24(16-20)33(35)36)32-9-11-37-12-10-32/h3-8,13-14,16H,9-12,15H2,1-2H3,(H2,29,31,34,39). The Bertz CT molecular complexity index is 1560. The second-order valence-corrected chi connectivity index (χ2v) is 9.79. The van der Waals surface area contributed by atoms with Crippen molar-refractivity contribution in [3.8, 4) is 0 Å². The largest absolute Gasteiger partial charge is 0.440 e. The molecule has 0 bridgehead atoms. The number of hydrogen-bond acceptors (Lipinski definition) is 8. The first-order chi connectivity index (χ1) is 18.8. The van der Waals surface area contributed by atoms with Gasteiger partial charge in [0.1, 0.15) is 11.2 Å². The summed E-state index contributed by atoms with van der Waals surface area (Å²) in [5.74, 6) is 0.0955. The van der Waals surface area contributed by atoms with Crippen LogP contribution in [-0.4, -0.2) is 47.2 Å². The number of oxazole rings is 1. The van der Waals surface area contributed by atoms with Crippen molar-refractivity contribution in [2.75, 3.05) is 36.5 Å². The molecule has 1 amide bonds. The van der Waals surface area contributed by atoms with Crippen LogP contribution < -0.4 is 15.5 Å². The molecular formula is C28H27N5O5S. The molecule has 200 valence electrons. The van der Waals surface area contributed by atoms with E-state index in [0.717, 1.165) is 27.8 Å². The Hall–Kier alpha value is -4.35. The zero-order chi connectivity index (χ0) is 27.5. The summed E-state index contributed by atoms with van der Waals surface area (Å²) >= 11 is 5.30. The lowest BCUT2D eigenvalue weighted by molar-refractivity contribution is -0.384. The van der Waals surface area contributed by atoms with Crippen LogP contribution >= 0.6 is 12.2 Å². The summed E-state index contributed by atoms with van der Waals surface area (Å²) < 4.78 is 11.3. The van der Waals surface area contributed by atoms with Crippen molar-refractivity contribution >= 4 is 51.4 Å². The molecule has 5 rings (SSSR count). The van der Waals surface area contributed by atoms with Crippen molar-refractivity contribution in [1.82, 2.24) is 10.3 Å². The molecule has 1 aromatic heterocycles. The Kier molecular flexibility index (Phi) is 7.53. The Morgan fingerprint density at radius 1 is 1.10 bits per heavy atom. The number of rotatable bonds is 6. The van der Waals surface area contributed by atoms with Crippen molar-refractivity contribution in [3.63, 3.8) is 0 Å². The molecule has 10 nitrogen and oxygen atoms in total. The van der Waals surface area contributed by atoms with Gasteiger partial charge in [0.15, 0.2) is 16.6 Å². The van der Waals surface area contributed by atoms with Gasteiger partial charge in [-0.3, -0.25) is 20.2 Å². The number of hydrogen-bond donors (Lipinski definition) is 2. The topological polar surface area (TPSA) is 123 Å². The summed E-state index contributed by atoms with van der Waals surface area (Å²) in [7, 11) is 0. The fourth-order valence-electron chi connectivity index (χ4n) is 4.60. The van der Waals surface area contributed by atoms with Gasteiger partial charge in [-0.2, -0.15) is 0 Å². The van der Waals surface area contributed by atoms with Gasteiger partial charge in [-0.15, -0.1) is 0 Å². The number of morpholine rings is 1. The molecule has 1 saturated heterocycles. The summed E-state index contributed by atoms with van der Waals surface area (Å²) in [5.41, 5.74) is 6.00. The molecule has 0 spiro atoms. The summed E-state index contributed by atoms with van der Waals surface area (Å²) in [6.07, 6.45) is 0.536. The zero-order valence-electron chi connectivity index (χ0n) is 21.5. The van der Waals surface area contributed by atoms with Crippen LogP contribution in [0.5, 0.6) is 0 Å². The highest BCUT2D eigenvalue weighted by atomic mass is 32.1. The minimum atomic E-state index is -0.540. The minimum absolute atomic E-state index is 0.0810. The van der Waals surface area contributed by atoms with Crippen LogP contribution in [0.4, 0.5) is 17.1 Å². The maximum atomic E-state index is 12.8. The quantitative estimate of drug-likeness (QED) is 0.198. The number of anilines is 2. The first kappa shape index (κ1) is 26.3. The van der Waals surface area contributed by atoms with Gasteiger partial charge in [0.2, 0.25) is 0 Å². The summed E-state index contributed by atoms with van der Waals surface area (Å²) in [6.45, 7) is 6.13. The smallest absolute Gasteiger partial charge is 0.293 e. The van der Waals surface area contributed by atoms with Gasteiger partial charge in [-0.25, -0.2) is 4.98 Å². The lowest BCUT2D eigenvalue weighted by Gasteiger charge is -2.28. The fourth-order valence-corrected chi connectivity index (χ4v) is 4.81. The first-order valence-corrected chi connectivity index (χ1v) is 12.9. The van der Waals surface area contributed by atoms with E-state index < -0.39 is 10.8 Å². The number of benzene rings is 3. The fraction of sp³-hybridized carbons (Fsp3) is 0.250. The predicted molar refractivity (Wildman–Crippen MR) is 153 cm³/mol. The Morgan fingerprint density at radius 2 is 1.85 bits per heavy atom. The lowest BCUT2D eigenvalue weighted by Crippen LogP contribution is -2.37. The van der Waals surface area contributed by atoms with E-state index in [-0.39, 0.29) is 16.4 Å². The number of thiocarbonyl (C=S) groups is 1. The molecular weight excluding hydrogens is 518 g/mol. The number of fused-ring (bicyclic) bond motifs is 1. The number of amides is 1. The zero-order valence-corrected chi connectivity index (χ0v) is 22.3. The number of nitrogens with one attached hydrogen (secondary N) is 2. The van der Waals surface area contributed by atoms with Crippen LogP contribution in [0.1, 0.15) is 32.9 Å². The number of nitro groups is 1. The number of nitro benzene ring substituents is 1. The maximum absolute atomic E-state index is 12.8. The Balaban J connectivity index is 1.21. The molecule has 0 atom stereocenters. The summed E-state index contributed by atoms with van der Waals surface area (Å²) in [6, 6.07) is 16.0. The van der Waals surface area contributed by atoms with Crippen molar-refractivity contribution in [1.29, 1.82) is 0 Å². The molecule has 1 fully saturated rings. The number of ether oxygens (including phenoxy) is 1. The predicted octanol–water partition coefficient (Wildman–Crippen LogP) is 4.91. The first-order valence-electron chi connectivity index (χ1n) is 12.5. The summed E-state index contributed by atoms with van der Waals surface area (Å²) in [4.78, 5) is 30.5. The molecule has 1 aliphatic heterocycles. The van der Waals surface area contributed by atoms with Gasteiger partial charge in [-0.1, -0.05) is 18.2 Å². The molecule has 1 aliphatic rings. The van der Waals surface area contributed by atoms with Crippen LogP contribution in [0.2, 0.25) is 0 Å². The third kappa shape index (κ3) is 6.05. The van der Waals surface area contributed by atoms with Gasteiger partial charge in [-0.05, 0) is 73.1 Å². The normalized spacial score (nSPS) is 13.3. The third-order valence-corrected chi connectivity index (χ3v) is 6.65. The Morgan fingerprint density at radius 3 is 2.56 bits per heavy atom. The average Bonchev–Trinajstić information content (AvgIpc) is 3.32. The third-order valence-electron chi connectivity index (χ3n) is 6.44. The second-order valence-electron chi connectivity index (χ2n) is 9.38. The molecule has 4 aromatic rings. The highest BCUT2D eigenvalue weighted by Crippen LogP contribution is 2.30. The second kappa shape index (κ2) is 11.2. The molecule has 0 unspecified atom stereocenters. The van der Waals surface area contributed by atoms with E-state index in [2.05, 4.69) is 21.7 Å². The maximum Gasteiger partial charge on any atom is 0.293 e. The van der Waals surface area contributed by atoms with Crippen LogP contribution in [0, 0.1) is 24.0 Å². The summed E-state index contributed by atoms with van der Waals surface area (Å²) in [5, 5.41) is 17.3. The molecule has 2 N–H and O–H groups in total. The van der Waals surface area contributed by atoms with E-state index >= 15 is 0 Å². The molecule has 39 heavy (non-hydrogen) atoms. The average molecular weight is 546 g/mol. The number of carbonyl (C=O) groups is 1. The van der Waals surface area contributed by atoms with E-state index in [1.54, 1.807) is 12.1 Å². The van der Waals surface area contributed by atoms with E-state index in [9.17, 15) is 14.9 Å². The molecule has 0 aliphatic carbocycles. The van der Waals surface area contributed by atoms with Gasteiger partial charge in [0.05, 0.1) is 18.1 Å². The number of aromatic nitrogens is 1. The van der Waals surface area contributed by atoms with Gasteiger partial charge in [0.25, 0.3) is 11.6 Å². The van der Waals surface area contributed by atoms with Crippen LogP contribution in [0.25, 0.3) is 11.1 Å². The van der Waals surface area contributed by atoms with Crippen LogP contribution in [0.3, 0.4) is 0 Å². The molecule has 3 aromatic carbocycles. The SMILES string of the molecule is Cc1cc(C)c2oc(Cc3ccc(NC(=S)NC(=O)c4ccc(N5CCOCC5)c([N+](=O)[O-])c4)cc3)nc2c1. The van der Waals surface area contributed by atoms with E-state index in [0.29, 0.717) is 50.0 Å². The Labute approximate surface area is 230 Å². The van der Waals surface area contributed by atoms with Gasteiger partial charge < -0.3 is 19.4 Å². The van der Waals surface area contributed by atoms with Crippen LogP contribution in [0.15, 0.2) is 59.0 Å². The van der Waals surface area contributed by atoms with Crippen molar-refractivity contribution in [2.24, 2.45) is 0 Å². The highest BCUT2D eigenvalue weighted by Gasteiger charge is 2.23.